The van der Waals surface area contributed by atoms with E-state index in [4.69, 9.17) is 98.1 Å². The Labute approximate surface area is 543 Å². The number of halogens is 5. The molecule has 0 atom stereocenters. The van der Waals surface area contributed by atoms with Crippen LogP contribution in [0.15, 0.2) is 121 Å². The summed E-state index contributed by atoms with van der Waals surface area (Å²) in [5.41, 5.74) is 42.9. The van der Waals surface area contributed by atoms with Crippen LogP contribution in [0.4, 0.5) is 106 Å². The third-order valence-electron chi connectivity index (χ3n) is 10.7. The first-order valence-electron chi connectivity index (χ1n) is 26.6. The van der Waals surface area contributed by atoms with E-state index in [1.54, 1.807) is 30.3 Å². The molecule has 0 radical (unpaired) electrons. The molecule has 0 bridgehead atoms. The topological polar surface area (TPSA) is 454 Å². The number of hydrogen-bond donors (Lipinski definition) is 13. The van der Waals surface area contributed by atoms with Crippen molar-refractivity contribution in [3.8, 4) is 0 Å². The minimum Gasteiger partial charge on any atom is -0.368 e. The van der Waals surface area contributed by atoms with Crippen molar-refractivity contribution in [1.29, 1.82) is 0 Å². The highest BCUT2D eigenvalue weighted by molar-refractivity contribution is 6.32. The summed E-state index contributed by atoms with van der Waals surface area (Å²) in [6.45, 7) is 5.19. The minimum atomic E-state index is 0.0667. The molecule has 0 amide bonds. The average Bonchev–Trinajstić information content (AvgIpc) is 2.91. The molecule has 0 aliphatic heterocycles. The number of aromatic nitrogens is 15. The fourth-order valence-corrected chi connectivity index (χ4v) is 7.72. The number of rotatable bonds is 17. The van der Waals surface area contributed by atoms with E-state index in [9.17, 15) is 0 Å². The maximum Gasteiger partial charge on any atom is 0.233 e. The number of nitrogen functional groups attached to an aromatic ring is 7. The van der Waals surface area contributed by atoms with Crippen LogP contribution in [0, 0.1) is 0 Å². The van der Waals surface area contributed by atoms with Crippen molar-refractivity contribution in [2.24, 2.45) is 0 Å². The van der Waals surface area contributed by atoms with E-state index in [1.165, 1.54) is 0 Å². The molecule has 5 aromatic carbocycles. The Morgan fingerprint density at radius 1 is 0.356 bits per heavy atom. The van der Waals surface area contributed by atoms with E-state index < -0.39 is 0 Å². The second kappa shape index (κ2) is 34.2. The molecule has 0 saturated carbocycles. The van der Waals surface area contributed by atoms with Gasteiger partial charge in [-0.2, -0.15) is 74.8 Å². The van der Waals surface area contributed by atoms with Gasteiger partial charge in [0.2, 0.25) is 89.2 Å². The molecule has 470 valence electrons. The van der Waals surface area contributed by atoms with Gasteiger partial charge in [-0.05, 0) is 116 Å². The van der Waals surface area contributed by atoms with Crippen LogP contribution in [-0.2, 0) is 13.0 Å². The summed E-state index contributed by atoms with van der Waals surface area (Å²) in [7, 11) is 7.56. The van der Waals surface area contributed by atoms with E-state index >= 15 is 0 Å². The van der Waals surface area contributed by atoms with Gasteiger partial charge in [-0.25, -0.2) is 0 Å². The highest BCUT2D eigenvalue weighted by Gasteiger charge is 2.11. The van der Waals surface area contributed by atoms with Crippen LogP contribution >= 0.6 is 58.0 Å². The zero-order valence-electron chi connectivity index (χ0n) is 49.3. The van der Waals surface area contributed by atoms with Gasteiger partial charge in [0.15, 0.2) is 0 Å². The first-order valence-corrected chi connectivity index (χ1v) is 28.5. The highest BCUT2D eigenvalue weighted by atomic mass is 35.5. The van der Waals surface area contributed by atoms with Gasteiger partial charge in [-0.3, -0.25) is 0 Å². The summed E-state index contributed by atoms with van der Waals surface area (Å²) in [4.78, 5) is 63.5. The molecule has 0 aliphatic rings. The lowest BCUT2D eigenvalue weighted by Gasteiger charge is -2.16. The second-order valence-corrected chi connectivity index (χ2v) is 21.2. The van der Waals surface area contributed by atoms with Crippen molar-refractivity contribution in [1.82, 2.24) is 74.8 Å². The number of hydrogen-bond acceptors (Lipinski definition) is 30. The largest absolute Gasteiger partial charge is 0.368 e. The Morgan fingerprint density at radius 3 is 1.18 bits per heavy atom. The molecule has 90 heavy (non-hydrogen) atoms. The Bertz CT molecular complexity index is 3800. The van der Waals surface area contributed by atoms with E-state index in [0.717, 1.165) is 39.6 Å². The van der Waals surface area contributed by atoms with Gasteiger partial charge in [-0.15, -0.1) is 0 Å². The molecule has 20 N–H and O–H groups in total. The van der Waals surface area contributed by atoms with Crippen LogP contribution in [0.2, 0.25) is 25.1 Å². The summed E-state index contributed by atoms with van der Waals surface area (Å²) >= 11 is 29.3. The lowest BCUT2D eigenvalue weighted by atomic mass is 10.1. The number of anilines is 18. The summed E-state index contributed by atoms with van der Waals surface area (Å²) < 4.78 is 0. The van der Waals surface area contributed by atoms with Crippen molar-refractivity contribution in [3.63, 3.8) is 0 Å². The van der Waals surface area contributed by atoms with E-state index in [1.807, 2.05) is 143 Å². The zero-order valence-corrected chi connectivity index (χ0v) is 53.1. The predicted molar refractivity (Wildman–Crippen MR) is 364 cm³/mol. The Morgan fingerprint density at radius 2 is 0.733 bits per heavy atom. The summed E-state index contributed by atoms with van der Waals surface area (Å²) in [6, 6.07) is 37.1. The normalized spacial score (nSPS) is 10.3. The predicted octanol–water partition coefficient (Wildman–Crippen LogP) is 9.15. The first kappa shape index (κ1) is 68.7. The van der Waals surface area contributed by atoms with Gasteiger partial charge >= 0.3 is 0 Å². The lowest BCUT2D eigenvalue weighted by molar-refractivity contribution is 0.870. The van der Waals surface area contributed by atoms with Crippen molar-refractivity contribution in [2.45, 2.75) is 32.9 Å². The molecule has 0 unspecified atom stereocenters. The van der Waals surface area contributed by atoms with Gasteiger partial charge in [0.25, 0.3) is 0 Å². The van der Waals surface area contributed by atoms with Gasteiger partial charge in [0.05, 0.1) is 0 Å². The molecular weight excluding hydrogens is 1260 g/mol. The Kier molecular flexibility index (Phi) is 26.1. The van der Waals surface area contributed by atoms with E-state index in [0.29, 0.717) is 74.8 Å². The Balaban J connectivity index is 0.000000179. The van der Waals surface area contributed by atoms with E-state index in [2.05, 4.69) is 107 Å². The van der Waals surface area contributed by atoms with Gasteiger partial charge < -0.3 is 81.8 Å². The molecule has 30 nitrogen and oxygen atoms in total. The smallest absolute Gasteiger partial charge is 0.233 e. The summed E-state index contributed by atoms with van der Waals surface area (Å²) in [6.07, 6.45) is 0.798. The molecule has 0 saturated heterocycles. The fourth-order valence-electron chi connectivity index (χ4n) is 6.87. The third kappa shape index (κ3) is 25.1. The molecule has 0 spiro atoms. The quantitative estimate of drug-likeness (QED) is 0.0404. The molecule has 10 aromatic rings. The van der Waals surface area contributed by atoms with Gasteiger partial charge in [-0.1, -0.05) is 94.4 Å². The third-order valence-corrected chi connectivity index (χ3v) is 11.9. The van der Waals surface area contributed by atoms with Crippen LogP contribution in [-0.4, -0.2) is 116 Å². The minimum absolute atomic E-state index is 0.0667. The van der Waals surface area contributed by atoms with Crippen LogP contribution in [0.5, 0.6) is 0 Å². The molecule has 5 heterocycles. The van der Waals surface area contributed by atoms with Gasteiger partial charge in [0, 0.05) is 89.5 Å². The van der Waals surface area contributed by atoms with Crippen molar-refractivity contribution >= 4 is 164 Å². The monoisotopic (exact) mass is 1320 g/mol. The summed E-state index contributed by atoms with van der Waals surface area (Å²) in [5, 5.41) is 21.6. The molecule has 35 heteroatoms. The standard InChI is InChI=1S/C13H17ClN6.C12H15ClN6.C11H13ClN6.C10H11ClN6.C9H9ClN6/c1-19(2)12-16-11(17-13(18-12)20(3)4)15-10-7-5-9(14)6-8-10;1-7(2)15-11-17-10(14)18-12(19-11)16-9-5-3-4-8(13)6-9;12-8-3-1-2-7(6-8)4-5-15-11-17-9(13)16-10(14)18-11;11-7-3-1-6(2-4-7)5-14-10-16-8(12)15-9(13)17-10;10-5-2-1-3-6(4-5)13-9-15-7(11)14-8(12)16-9/h5-8H,1-4H3,(H,15,16,17,18);3-7H,1-2H3,(H4,14,15,16,17,18,19);1-3,6H,4-5H2,(H5,13,14,15,16,17,18);1-4H,5H2,(H5,12,13,14,15,16,17);1-4H,(H5,11,12,13,14,15,16). The first-order chi connectivity index (χ1) is 42.9. The molecular formula is C55H65Cl5N30. The number of nitrogens with zero attached hydrogens (tertiary/aromatic N) is 17. The van der Waals surface area contributed by atoms with Crippen LogP contribution in [0.3, 0.4) is 0 Å². The van der Waals surface area contributed by atoms with Crippen molar-refractivity contribution < 1.29 is 0 Å². The van der Waals surface area contributed by atoms with E-state index in [-0.39, 0.29) is 53.6 Å². The molecule has 0 fully saturated rings. The number of nitrogens with one attached hydrogen (secondary N) is 6. The zero-order chi connectivity index (χ0) is 65.3. The highest BCUT2D eigenvalue weighted by Crippen LogP contribution is 2.23. The number of nitrogens with two attached hydrogens (primary N) is 7. The molecule has 0 aliphatic carbocycles. The van der Waals surface area contributed by atoms with Gasteiger partial charge in [0.1, 0.15) is 0 Å². The van der Waals surface area contributed by atoms with Crippen LogP contribution in [0.25, 0.3) is 0 Å². The number of benzene rings is 5. The average molecular weight is 1320 g/mol. The Hall–Kier alpha value is -10.4. The summed E-state index contributed by atoms with van der Waals surface area (Å²) in [5.74, 6) is 4.20. The van der Waals surface area contributed by atoms with Crippen LogP contribution in [0.1, 0.15) is 25.0 Å². The SMILES string of the molecule is CC(C)Nc1nc(N)nc(Nc2cccc(Cl)c2)n1.CN(C)c1nc(Nc2ccc(Cl)cc2)nc(N(C)C)n1.Nc1nc(N)nc(NCCc2cccc(Cl)c2)n1.Nc1nc(N)nc(NCc2ccc(Cl)cc2)n1.Nc1nc(N)nc(Nc2cccc(Cl)c2)n1. The molecule has 10 rings (SSSR count). The fraction of sp³-hybridized carbons (Fsp3) is 0.182. The molecule has 5 aromatic heterocycles. The van der Waals surface area contributed by atoms with Crippen molar-refractivity contribution in [2.75, 3.05) is 117 Å². The maximum atomic E-state index is 5.91. The second-order valence-electron chi connectivity index (χ2n) is 19.0. The lowest BCUT2D eigenvalue weighted by Crippen LogP contribution is -2.19. The van der Waals surface area contributed by atoms with Crippen molar-refractivity contribution in [3.05, 3.63) is 158 Å². The maximum absolute atomic E-state index is 5.91. The van der Waals surface area contributed by atoms with Crippen LogP contribution < -0.4 is 81.8 Å².